The van der Waals surface area contributed by atoms with Crippen molar-refractivity contribution in [2.24, 2.45) is 17.4 Å². The molecule has 19 nitrogen and oxygen atoms in total. The lowest BCUT2D eigenvalue weighted by molar-refractivity contribution is -0.132. The molecule has 0 spiro atoms. The molecule has 0 heterocycles. The van der Waals surface area contributed by atoms with Gasteiger partial charge in [-0.2, -0.15) is 0 Å². The number of carbonyl (C=O) groups is 6. The monoisotopic (exact) mass is 903 g/mol. The van der Waals surface area contributed by atoms with Crippen molar-refractivity contribution in [1.82, 2.24) is 26.6 Å². The molecule has 64 heavy (non-hydrogen) atoms. The Bertz CT molecular complexity index is 1590. The molecule has 0 aliphatic heterocycles. The summed E-state index contributed by atoms with van der Waals surface area (Å²) >= 11 is 0. The molecular formula is C45H74N8O11. The fourth-order valence-corrected chi connectivity index (χ4v) is 6.17. The van der Waals surface area contributed by atoms with Crippen LogP contribution in [0.1, 0.15) is 90.0 Å². The van der Waals surface area contributed by atoms with Crippen LogP contribution in [0, 0.1) is 24.7 Å². The van der Waals surface area contributed by atoms with E-state index in [1.54, 1.807) is 26.0 Å². The number of nitrogens with two attached hydrogens (primary N) is 2. The molecule has 0 bridgehead atoms. The third kappa shape index (κ3) is 27.4. The summed E-state index contributed by atoms with van der Waals surface area (Å²) in [7, 11) is 0. The van der Waals surface area contributed by atoms with E-state index in [2.05, 4.69) is 43.7 Å². The fraction of sp³-hybridized carbons (Fsp3) is 0.689. The normalized spacial score (nSPS) is 15.0. The number of hydrogen-bond acceptors (Lipinski definition) is 12. The molecule has 0 fully saturated rings. The summed E-state index contributed by atoms with van der Waals surface area (Å²) in [6.07, 6.45) is 7.15. The first kappa shape index (κ1) is 55.3. The molecular weight excluding hydrogens is 829 g/mol. The Morgan fingerprint density at radius 3 is 2.02 bits per heavy atom. The minimum atomic E-state index is -0.960. The number of rotatable bonds is 34. The fourth-order valence-electron chi connectivity index (χ4n) is 6.17. The molecule has 1 aliphatic rings. The Morgan fingerprint density at radius 2 is 1.34 bits per heavy atom. The third-order valence-electron chi connectivity index (χ3n) is 9.87. The van der Waals surface area contributed by atoms with Crippen molar-refractivity contribution in [2.45, 2.75) is 116 Å². The number of ether oxygens (including phenoxy) is 5. The SMILES string of the molecule is Cc1ccc(NC(=O)[C@H](CCCNC(N)=O)NC(=O)[C@@H](NC(=O)[C@H](N)CCCCNC(=O)CCOCCOCCOCCOCCNC(=O)COC2C#CCCCCC2)C(C)C)cc1. The number of anilines is 1. The zero-order chi connectivity index (χ0) is 46.8. The Hall–Kier alpha value is -4.84. The second-order valence-corrected chi connectivity index (χ2v) is 15.8. The number of primary amides is 1. The van der Waals surface area contributed by atoms with Gasteiger partial charge in [0.25, 0.3) is 0 Å². The first-order chi connectivity index (χ1) is 30.8. The summed E-state index contributed by atoms with van der Waals surface area (Å²) in [6, 6.07) is 3.71. The molecule has 0 saturated carbocycles. The zero-order valence-corrected chi connectivity index (χ0v) is 38.1. The van der Waals surface area contributed by atoms with E-state index in [1.165, 1.54) is 0 Å². The highest BCUT2D eigenvalue weighted by Gasteiger charge is 2.30. The van der Waals surface area contributed by atoms with Crippen LogP contribution in [-0.2, 0) is 47.7 Å². The number of amides is 7. The average Bonchev–Trinajstić information content (AvgIpc) is 3.24. The minimum absolute atomic E-state index is 0.00754. The first-order valence-electron chi connectivity index (χ1n) is 22.6. The van der Waals surface area contributed by atoms with Crippen molar-refractivity contribution in [2.75, 3.05) is 84.4 Å². The highest BCUT2D eigenvalue weighted by Crippen LogP contribution is 2.13. The molecule has 19 heteroatoms. The average molecular weight is 903 g/mol. The van der Waals surface area contributed by atoms with Crippen molar-refractivity contribution < 1.29 is 52.5 Å². The highest BCUT2D eigenvalue weighted by atomic mass is 16.6. The number of unbranched alkanes of at least 4 members (excludes halogenated alkanes) is 1. The van der Waals surface area contributed by atoms with Crippen molar-refractivity contribution in [1.29, 1.82) is 0 Å². The van der Waals surface area contributed by atoms with Crippen LogP contribution in [0.3, 0.4) is 0 Å². The van der Waals surface area contributed by atoms with Gasteiger partial charge in [-0.3, -0.25) is 24.0 Å². The highest BCUT2D eigenvalue weighted by molar-refractivity contribution is 5.98. The predicted octanol–water partition coefficient (Wildman–Crippen LogP) is 1.55. The zero-order valence-electron chi connectivity index (χ0n) is 38.1. The van der Waals surface area contributed by atoms with E-state index in [9.17, 15) is 28.8 Å². The summed E-state index contributed by atoms with van der Waals surface area (Å²) in [5, 5.41) is 16.4. The maximum atomic E-state index is 13.4. The topological polar surface area (TPSA) is 273 Å². The minimum Gasteiger partial charge on any atom is -0.379 e. The van der Waals surface area contributed by atoms with Crippen molar-refractivity contribution in [3.8, 4) is 11.8 Å². The van der Waals surface area contributed by atoms with Gasteiger partial charge in [0.2, 0.25) is 29.5 Å². The first-order valence-corrected chi connectivity index (χ1v) is 22.6. The Balaban J connectivity index is 1.49. The summed E-state index contributed by atoms with van der Waals surface area (Å²) in [6.45, 7) is 9.35. The number of urea groups is 1. The van der Waals surface area contributed by atoms with Crippen LogP contribution in [0.5, 0.6) is 0 Å². The Labute approximate surface area is 378 Å². The lowest BCUT2D eigenvalue weighted by Gasteiger charge is -2.26. The molecule has 1 unspecified atom stereocenters. The van der Waals surface area contributed by atoms with Gasteiger partial charge in [-0.05, 0) is 76.3 Å². The quantitative estimate of drug-likeness (QED) is 0.0362. The van der Waals surface area contributed by atoms with Crippen molar-refractivity contribution in [3.05, 3.63) is 29.8 Å². The molecule has 2 rings (SSSR count). The van der Waals surface area contributed by atoms with Gasteiger partial charge in [0.1, 0.15) is 24.8 Å². The molecule has 10 N–H and O–H groups in total. The van der Waals surface area contributed by atoms with E-state index in [1.807, 2.05) is 19.1 Å². The van der Waals surface area contributed by atoms with E-state index in [0.717, 1.165) is 37.7 Å². The lowest BCUT2D eigenvalue weighted by Crippen LogP contribution is -2.56. The Morgan fingerprint density at radius 1 is 0.703 bits per heavy atom. The number of aryl methyl sites for hydroxylation is 1. The number of hydrogen-bond donors (Lipinski definition) is 8. The Kier molecular flexibility index (Phi) is 29.9. The van der Waals surface area contributed by atoms with E-state index >= 15 is 0 Å². The summed E-state index contributed by atoms with van der Waals surface area (Å²) < 4.78 is 27.5. The molecule has 7 amide bonds. The molecule has 360 valence electrons. The van der Waals surface area contributed by atoms with Gasteiger partial charge in [0.15, 0.2) is 0 Å². The second kappa shape index (κ2) is 34.6. The van der Waals surface area contributed by atoms with Gasteiger partial charge in [-0.1, -0.05) is 43.9 Å². The summed E-state index contributed by atoms with van der Waals surface area (Å²) in [4.78, 5) is 74.9. The standard InChI is InChI=1S/C45H74N8O11/c1-33(2)41(44(58)52-38(15-11-22-50-45(47)59)43(57)51-35-18-16-34(3)17-19-35)53-42(56)37(46)14-9-10-21-48-39(54)20-24-60-26-28-62-30-31-63-29-27-61-25-23-49-40(55)32-64-36-12-7-5-4-6-8-13-36/h16-19,33,36-38,41H,4-7,9-12,14-15,20-32,46H2,1-3H3,(H,48,54)(H,49,55)(H,51,57)(H,52,58)(H,53,56)(H3,47,50,59)/t36?,37-,38+,41+/m1/s1. The summed E-state index contributed by atoms with van der Waals surface area (Å²) in [5.74, 6) is 4.03. The largest absolute Gasteiger partial charge is 0.379 e. The summed E-state index contributed by atoms with van der Waals surface area (Å²) in [5.41, 5.74) is 12.9. The molecule has 4 atom stereocenters. The molecule has 0 aromatic heterocycles. The lowest BCUT2D eigenvalue weighted by atomic mass is 10.0. The van der Waals surface area contributed by atoms with E-state index < -0.39 is 41.9 Å². The van der Waals surface area contributed by atoms with Crippen molar-refractivity contribution in [3.63, 3.8) is 0 Å². The predicted molar refractivity (Wildman–Crippen MR) is 242 cm³/mol. The molecule has 1 aromatic carbocycles. The van der Waals surface area contributed by atoms with E-state index in [-0.39, 0.29) is 56.4 Å². The van der Waals surface area contributed by atoms with E-state index in [0.29, 0.717) is 90.7 Å². The van der Waals surface area contributed by atoms with Crippen LogP contribution >= 0.6 is 0 Å². The number of carbonyl (C=O) groups excluding carboxylic acids is 6. The maximum absolute atomic E-state index is 13.4. The molecule has 1 aliphatic carbocycles. The second-order valence-electron chi connectivity index (χ2n) is 15.8. The number of benzene rings is 1. The van der Waals surface area contributed by atoms with Gasteiger partial charge in [-0.15, -0.1) is 5.92 Å². The van der Waals surface area contributed by atoms with Crippen molar-refractivity contribution >= 4 is 41.3 Å². The van der Waals surface area contributed by atoms with E-state index in [4.69, 9.17) is 35.2 Å². The molecule has 0 saturated heterocycles. The smallest absolute Gasteiger partial charge is 0.312 e. The maximum Gasteiger partial charge on any atom is 0.312 e. The van der Waals surface area contributed by atoms with Gasteiger partial charge in [-0.25, -0.2) is 4.79 Å². The van der Waals surface area contributed by atoms with Crippen LogP contribution in [0.25, 0.3) is 0 Å². The van der Waals surface area contributed by atoms with Crippen LogP contribution in [0.4, 0.5) is 10.5 Å². The van der Waals surface area contributed by atoms with Crippen LogP contribution in [0.15, 0.2) is 24.3 Å². The molecule has 1 aromatic rings. The third-order valence-corrected chi connectivity index (χ3v) is 9.87. The van der Waals surface area contributed by atoms with Gasteiger partial charge in [0.05, 0.1) is 58.9 Å². The molecule has 0 radical (unpaired) electrons. The van der Waals surface area contributed by atoms with Gasteiger partial charge < -0.3 is 67.1 Å². The van der Waals surface area contributed by atoms with Gasteiger partial charge in [0, 0.05) is 38.2 Å². The number of nitrogens with one attached hydrogen (secondary N) is 6. The van der Waals surface area contributed by atoms with Crippen LogP contribution in [-0.4, -0.2) is 139 Å². The van der Waals surface area contributed by atoms with Gasteiger partial charge >= 0.3 is 6.03 Å². The van der Waals surface area contributed by atoms with Crippen LogP contribution in [0.2, 0.25) is 0 Å². The van der Waals surface area contributed by atoms with Crippen LogP contribution < -0.4 is 43.4 Å².